The van der Waals surface area contributed by atoms with Crippen LogP contribution in [-0.4, -0.2) is 46.1 Å². The van der Waals surface area contributed by atoms with Gasteiger partial charge in [-0.2, -0.15) is 0 Å². The lowest BCUT2D eigenvalue weighted by Crippen LogP contribution is -2.48. The fraction of sp³-hybridized carbons (Fsp3) is 0.944. The number of carbonyl (C=O) groups excluding carboxylic acids is 1. The maximum atomic E-state index is 12.5. The Morgan fingerprint density at radius 2 is 0.661 bits per heavy atom. The van der Waals surface area contributed by atoms with Gasteiger partial charge in [-0.25, -0.2) is 0 Å². The van der Waals surface area contributed by atoms with Crippen molar-refractivity contribution in [1.82, 2.24) is 5.32 Å². The summed E-state index contributed by atoms with van der Waals surface area (Å²) in [7, 11) is 0. The Labute approximate surface area is 369 Å². The Kier molecular flexibility index (Phi) is 49.0. The molecular formula is C54H107NO4. The van der Waals surface area contributed by atoms with Gasteiger partial charge in [-0.05, 0) is 19.3 Å². The summed E-state index contributed by atoms with van der Waals surface area (Å²) in [5.41, 5.74) is 0. The summed E-state index contributed by atoms with van der Waals surface area (Å²) in [4.78, 5) is 12.5. The molecule has 3 atom stereocenters. The van der Waals surface area contributed by atoms with Gasteiger partial charge < -0.3 is 20.6 Å². The number of hydrogen-bond donors (Lipinski definition) is 4. The van der Waals surface area contributed by atoms with E-state index in [-0.39, 0.29) is 6.61 Å². The van der Waals surface area contributed by atoms with Crippen LogP contribution in [0.25, 0.3) is 0 Å². The predicted molar refractivity (Wildman–Crippen MR) is 259 cm³/mol. The van der Waals surface area contributed by atoms with E-state index in [0.29, 0.717) is 6.42 Å². The molecule has 3 unspecified atom stereocenters. The number of amides is 1. The molecule has 0 spiro atoms. The molecular weight excluding hydrogens is 727 g/mol. The molecule has 1 amide bonds. The highest BCUT2D eigenvalue weighted by Crippen LogP contribution is 2.18. The first-order valence-corrected chi connectivity index (χ1v) is 27.0. The second-order valence-electron chi connectivity index (χ2n) is 18.8. The van der Waals surface area contributed by atoms with E-state index < -0.39 is 24.2 Å². The normalized spacial score (nSPS) is 13.4. The molecule has 0 heterocycles. The smallest absolute Gasteiger partial charge is 0.249 e. The van der Waals surface area contributed by atoms with Gasteiger partial charge in [0.1, 0.15) is 6.10 Å². The highest BCUT2D eigenvalue weighted by Gasteiger charge is 2.22. The molecule has 0 aliphatic heterocycles. The summed E-state index contributed by atoms with van der Waals surface area (Å²) in [6.45, 7) is 4.22. The monoisotopic (exact) mass is 834 g/mol. The number of rotatable bonds is 50. The molecule has 0 saturated carbocycles. The first-order valence-electron chi connectivity index (χ1n) is 27.0. The van der Waals surface area contributed by atoms with Crippen LogP contribution in [0.5, 0.6) is 0 Å². The van der Waals surface area contributed by atoms with Crippen molar-refractivity contribution >= 4 is 5.91 Å². The molecule has 0 fully saturated rings. The van der Waals surface area contributed by atoms with E-state index in [1.165, 1.54) is 250 Å². The molecule has 5 heteroatoms. The number of aliphatic hydroxyl groups is 3. The Hall–Kier alpha value is -0.910. The third-order valence-corrected chi connectivity index (χ3v) is 12.9. The van der Waals surface area contributed by atoms with Crippen molar-refractivity contribution in [2.45, 2.75) is 321 Å². The summed E-state index contributed by atoms with van der Waals surface area (Å²) in [5.74, 6) is -0.496. The van der Waals surface area contributed by atoms with Crippen molar-refractivity contribution in [3.63, 3.8) is 0 Å². The largest absolute Gasteiger partial charge is 0.394 e. The summed E-state index contributed by atoms with van der Waals surface area (Å²) >= 11 is 0. The van der Waals surface area contributed by atoms with Gasteiger partial charge in [-0.15, -0.1) is 0 Å². The van der Waals surface area contributed by atoms with E-state index in [2.05, 4.69) is 19.2 Å². The lowest BCUT2D eigenvalue weighted by molar-refractivity contribution is -0.131. The average Bonchev–Trinajstić information content (AvgIpc) is 3.24. The fourth-order valence-electron chi connectivity index (χ4n) is 8.66. The SMILES string of the molecule is CCCCCCCCCCCCCCCCCCCC/C=C/C(O)C(CO)NC(=O)C(O)CCCCCCCCCCCCCCCCCCCCCCCCCCC. The second kappa shape index (κ2) is 49.7. The molecule has 0 aromatic rings. The zero-order chi connectivity index (χ0) is 43.0. The lowest BCUT2D eigenvalue weighted by atomic mass is 10.0. The van der Waals surface area contributed by atoms with Gasteiger partial charge >= 0.3 is 0 Å². The molecule has 0 bridgehead atoms. The van der Waals surface area contributed by atoms with Crippen LogP contribution in [-0.2, 0) is 4.79 Å². The Bertz CT molecular complexity index is 833. The van der Waals surface area contributed by atoms with Crippen molar-refractivity contribution in [3.8, 4) is 0 Å². The molecule has 0 radical (unpaired) electrons. The highest BCUT2D eigenvalue weighted by molar-refractivity contribution is 5.80. The molecule has 59 heavy (non-hydrogen) atoms. The van der Waals surface area contributed by atoms with Gasteiger partial charge in [0, 0.05) is 0 Å². The third kappa shape index (κ3) is 44.9. The van der Waals surface area contributed by atoms with E-state index >= 15 is 0 Å². The van der Waals surface area contributed by atoms with E-state index in [0.717, 1.165) is 32.1 Å². The Morgan fingerprint density at radius 1 is 0.407 bits per heavy atom. The van der Waals surface area contributed by atoms with E-state index in [1.807, 2.05) is 6.08 Å². The molecule has 0 aromatic heterocycles. The topological polar surface area (TPSA) is 89.8 Å². The van der Waals surface area contributed by atoms with E-state index in [9.17, 15) is 20.1 Å². The molecule has 5 nitrogen and oxygen atoms in total. The summed E-state index contributed by atoms with van der Waals surface area (Å²) in [5, 5.41) is 33.3. The number of allylic oxidation sites excluding steroid dienone is 1. The van der Waals surface area contributed by atoms with Gasteiger partial charge in [0.05, 0.1) is 18.8 Å². The summed E-state index contributed by atoms with van der Waals surface area (Å²) < 4.78 is 0. The van der Waals surface area contributed by atoms with Crippen LogP contribution < -0.4 is 5.32 Å². The number of carbonyl (C=O) groups is 1. The minimum absolute atomic E-state index is 0.358. The van der Waals surface area contributed by atoms with Gasteiger partial charge in [0.2, 0.25) is 5.91 Å². The van der Waals surface area contributed by atoms with Crippen LogP contribution in [0.1, 0.15) is 303 Å². The summed E-state index contributed by atoms with van der Waals surface area (Å²) in [6, 6.07) is -0.794. The summed E-state index contributed by atoms with van der Waals surface area (Å²) in [6.07, 6.45) is 61.4. The molecule has 0 aromatic carbocycles. The van der Waals surface area contributed by atoms with Crippen molar-refractivity contribution in [1.29, 1.82) is 0 Å². The van der Waals surface area contributed by atoms with E-state index in [1.54, 1.807) is 6.08 Å². The molecule has 0 aliphatic carbocycles. The van der Waals surface area contributed by atoms with Gasteiger partial charge in [0.25, 0.3) is 0 Å². The highest BCUT2D eigenvalue weighted by atomic mass is 16.3. The van der Waals surface area contributed by atoms with Crippen molar-refractivity contribution in [2.24, 2.45) is 0 Å². The quantitative estimate of drug-likeness (QED) is 0.0363. The number of unbranched alkanes of at least 4 members (excludes halogenated alkanes) is 42. The Morgan fingerprint density at radius 3 is 0.932 bits per heavy atom. The van der Waals surface area contributed by atoms with Crippen LogP contribution in [0.3, 0.4) is 0 Å². The van der Waals surface area contributed by atoms with Crippen molar-refractivity contribution < 1.29 is 20.1 Å². The Balaban J connectivity index is 3.55. The zero-order valence-corrected chi connectivity index (χ0v) is 40.2. The minimum atomic E-state index is -1.09. The van der Waals surface area contributed by atoms with Crippen LogP contribution in [0.2, 0.25) is 0 Å². The maximum Gasteiger partial charge on any atom is 0.249 e. The predicted octanol–water partition coefficient (Wildman–Crippen LogP) is 16.3. The molecule has 0 saturated heterocycles. The van der Waals surface area contributed by atoms with Crippen molar-refractivity contribution in [2.75, 3.05) is 6.61 Å². The first-order chi connectivity index (χ1) is 29.1. The number of hydrogen-bond acceptors (Lipinski definition) is 4. The van der Waals surface area contributed by atoms with Gasteiger partial charge in [-0.1, -0.05) is 296 Å². The number of nitrogens with one attached hydrogen (secondary N) is 1. The number of aliphatic hydroxyl groups excluding tert-OH is 3. The molecule has 0 rings (SSSR count). The standard InChI is InChI=1S/C54H107NO4/c1-3-5-7-9-11-13-15-17-19-21-23-25-26-27-28-29-31-33-35-37-39-41-43-45-47-49-53(58)54(59)55-51(50-56)52(57)48-46-44-42-40-38-36-34-32-30-24-22-20-18-16-14-12-10-8-6-4-2/h46,48,51-53,56-58H,3-45,47,49-50H2,1-2H3,(H,55,59)/b48-46+. The van der Waals surface area contributed by atoms with Crippen LogP contribution >= 0.6 is 0 Å². The van der Waals surface area contributed by atoms with E-state index in [4.69, 9.17) is 0 Å². The fourth-order valence-corrected chi connectivity index (χ4v) is 8.66. The van der Waals surface area contributed by atoms with Gasteiger partial charge in [0.15, 0.2) is 0 Å². The van der Waals surface area contributed by atoms with Crippen LogP contribution in [0.15, 0.2) is 12.2 Å². The molecule has 4 N–H and O–H groups in total. The van der Waals surface area contributed by atoms with Crippen LogP contribution in [0.4, 0.5) is 0 Å². The molecule has 352 valence electrons. The minimum Gasteiger partial charge on any atom is -0.394 e. The first kappa shape index (κ1) is 58.1. The van der Waals surface area contributed by atoms with Crippen LogP contribution in [0, 0.1) is 0 Å². The molecule has 0 aliphatic rings. The van der Waals surface area contributed by atoms with Crippen molar-refractivity contribution in [3.05, 3.63) is 12.2 Å². The third-order valence-electron chi connectivity index (χ3n) is 12.9. The average molecular weight is 834 g/mol. The second-order valence-corrected chi connectivity index (χ2v) is 18.8. The van der Waals surface area contributed by atoms with Gasteiger partial charge in [-0.3, -0.25) is 4.79 Å². The lowest BCUT2D eigenvalue weighted by Gasteiger charge is -2.21. The maximum absolute atomic E-state index is 12.5. The zero-order valence-electron chi connectivity index (χ0n) is 40.2.